The minimum Gasteiger partial charge on any atom is -0.335 e. The van der Waals surface area contributed by atoms with E-state index in [4.69, 9.17) is 0 Å². The molecule has 2 amide bonds. The van der Waals surface area contributed by atoms with Crippen molar-refractivity contribution in [3.63, 3.8) is 0 Å². The lowest BCUT2D eigenvalue weighted by Crippen LogP contribution is -2.41. The Balaban J connectivity index is 2.54. The largest absolute Gasteiger partial charge is 0.335 e. The summed E-state index contributed by atoms with van der Waals surface area (Å²) in [6, 6.07) is 7.63. The number of hydrogen-bond acceptors (Lipinski definition) is 3. The fourth-order valence-corrected chi connectivity index (χ4v) is 1.78. The average molecular weight is 373 g/mol. The van der Waals surface area contributed by atoms with Crippen molar-refractivity contribution in [1.82, 2.24) is 10.3 Å². The standard InChI is InChI=1S/C13H16IN3O2/c1-3-17(4-2)13(19)12(18)16-15-9-10-5-7-11(14)8-6-10/h5-9H,3-4H2,1-2H3,(H,16,18)/b15-9-. The van der Waals surface area contributed by atoms with E-state index in [9.17, 15) is 9.59 Å². The summed E-state index contributed by atoms with van der Waals surface area (Å²) in [6.07, 6.45) is 1.50. The minimum atomic E-state index is -0.717. The first-order valence-electron chi connectivity index (χ1n) is 5.96. The van der Waals surface area contributed by atoms with Crippen molar-refractivity contribution in [2.24, 2.45) is 5.10 Å². The van der Waals surface area contributed by atoms with Crippen LogP contribution in [0.4, 0.5) is 0 Å². The second-order valence-electron chi connectivity index (χ2n) is 3.73. The molecule has 19 heavy (non-hydrogen) atoms. The number of hydrogen-bond donors (Lipinski definition) is 1. The van der Waals surface area contributed by atoms with Gasteiger partial charge in [-0.15, -0.1) is 0 Å². The Hall–Kier alpha value is -1.44. The molecule has 102 valence electrons. The molecule has 0 saturated carbocycles. The van der Waals surface area contributed by atoms with Crippen molar-refractivity contribution >= 4 is 40.6 Å². The first-order chi connectivity index (χ1) is 9.08. The van der Waals surface area contributed by atoms with E-state index in [0.29, 0.717) is 13.1 Å². The fraction of sp³-hybridized carbons (Fsp3) is 0.308. The number of likely N-dealkylation sites (N-methyl/N-ethyl adjacent to an activating group) is 1. The Bertz CT molecular complexity index is 467. The summed E-state index contributed by atoms with van der Waals surface area (Å²) < 4.78 is 1.12. The summed E-state index contributed by atoms with van der Waals surface area (Å²) in [6.45, 7) is 4.65. The van der Waals surface area contributed by atoms with Gasteiger partial charge in [-0.2, -0.15) is 5.10 Å². The summed E-state index contributed by atoms with van der Waals surface area (Å²) in [7, 11) is 0. The first-order valence-corrected chi connectivity index (χ1v) is 7.04. The van der Waals surface area contributed by atoms with Gasteiger partial charge >= 0.3 is 11.8 Å². The fourth-order valence-electron chi connectivity index (χ4n) is 1.42. The Labute approximate surface area is 126 Å². The molecule has 0 bridgehead atoms. The minimum absolute atomic E-state index is 0.504. The third-order valence-corrected chi connectivity index (χ3v) is 3.21. The molecule has 0 atom stereocenters. The zero-order valence-corrected chi connectivity index (χ0v) is 13.0. The molecule has 1 rings (SSSR count). The third kappa shape index (κ3) is 4.98. The van der Waals surface area contributed by atoms with Crippen molar-refractivity contribution in [3.05, 3.63) is 33.4 Å². The first kappa shape index (κ1) is 15.6. The summed E-state index contributed by atoms with van der Waals surface area (Å²) in [4.78, 5) is 24.6. The van der Waals surface area contributed by atoms with Crippen LogP contribution in [0.2, 0.25) is 0 Å². The van der Waals surface area contributed by atoms with Crippen LogP contribution in [0.15, 0.2) is 29.4 Å². The van der Waals surface area contributed by atoms with Crippen LogP contribution < -0.4 is 5.43 Å². The van der Waals surface area contributed by atoms with Crippen molar-refractivity contribution in [3.8, 4) is 0 Å². The van der Waals surface area contributed by atoms with E-state index in [2.05, 4.69) is 33.1 Å². The van der Waals surface area contributed by atoms with Gasteiger partial charge in [0.05, 0.1) is 6.21 Å². The predicted molar refractivity (Wildman–Crippen MR) is 82.8 cm³/mol. The molecular weight excluding hydrogens is 357 g/mol. The van der Waals surface area contributed by atoms with E-state index >= 15 is 0 Å². The zero-order chi connectivity index (χ0) is 14.3. The maximum absolute atomic E-state index is 11.6. The highest BCUT2D eigenvalue weighted by Crippen LogP contribution is 2.04. The van der Waals surface area contributed by atoms with Crippen LogP contribution in [0.3, 0.4) is 0 Å². The number of halogens is 1. The Morgan fingerprint density at radius 3 is 2.37 bits per heavy atom. The molecule has 0 saturated heterocycles. The van der Waals surface area contributed by atoms with Gasteiger partial charge in [0.15, 0.2) is 0 Å². The lowest BCUT2D eigenvalue weighted by molar-refractivity contribution is -0.145. The molecule has 0 heterocycles. The number of nitrogens with zero attached hydrogens (tertiary/aromatic N) is 2. The SMILES string of the molecule is CCN(CC)C(=O)C(=O)N/N=C\c1ccc(I)cc1. The molecule has 0 aliphatic carbocycles. The molecular formula is C13H16IN3O2. The van der Waals surface area contributed by atoms with Gasteiger partial charge in [-0.25, -0.2) is 5.43 Å². The van der Waals surface area contributed by atoms with Gasteiger partial charge in [0.1, 0.15) is 0 Å². The van der Waals surface area contributed by atoms with Crippen LogP contribution in [-0.4, -0.2) is 36.0 Å². The van der Waals surface area contributed by atoms with Crippen LogP contribution in [0.5, 0.6) is 0 Å². The van der Waals surface area contributed by atoms with Crippen molar-refractivity contribution in [2.45, 2.75) is 13.8 Å². The monoisotopic (exact) mass is 373 g/mol. The van der Waals surface area contributed by atoms with E-state index in [0.717, 1.165) is 9.13 Å². The highest BCUT2D eigenvalue weighted by molar-refractivity contribution is 14.1. The molecule has 1 aromatic carbocycles. The van der Waals surface area contributed by atoms with Gasteiger partial charge < -0.3 is 4.90 Å². The van der Waals surface area contributed by atoms with E-state index in [-0.39, 0.29) is 0 Å². The molecule has 1 N–H and O–H groups in total. The zero-order valence-electron chi connectivity index (χ0n) is 10.9. The summed E-state index contributed by atoms with van der Waals surface area (Å²) in [5.74, 6) is -1.28. The van der Waals surface area contributed by atoms with Crippen molar-refractivity contribution in [2.75, 3.05) is 13.1 Å². The van der Waals surface area contributed by atoms with E-state index in [1.165, 1.54) is 11.1 Å². The van der Waals surface area contributed by atoms with Gasteiger partial charge in [-0.1, -0.05) is 12.1 Å². The molecule has 0 unspecified atom stereocenters. The Kier molecular flexibility index (Phi) is 6.48. The molecule has 0 aliphatic heterocycles. The number of hydrazone groups is 1. The molecule has 1 aromatic rings. The molecule has 5 nitrogen and oxygen atoms in total. The highest BCUT2D eigenvalue weighted by Gasteiger charge is 2.18. The predicted octanol–water partition coefficient (Wildman–Crippen LogP) is 1.61. The Morgan fingerprint density at radius 2 is 1.84 bits per heavy atom. The second-order valence-corrected chi connectivity index (χ2v) is 4.97. The van der Waals surface area contributed by atoms with Crippen LogP contribution >= 0.6 is 22.6 Å². The maximum Gasteiger partial charge on any atom is 0.329 e. The number of carbonyl (C=O) groups is 2. The summed E-state index contributed by atoms with van der Waals surface area (Å²) in [5, 5.41) is 3.77. The Morgan fingerprint density at radius 1 is 1.26 bits per heavy atom. The van der Waals surface area contributed by atoms with Crippen molar-refractivity contribution in [1.29, 1.82) is 0 Å². The van der Waals surface area contributed by atoms with Crippen LogP contribution in [0.1, 0.15) is 19.4 Å². The lowest BCUT2D eigenvalue weighted by Gasteiger charge is -2.16. The topological polar surface area (TPSA) is 61.8 Å². The number of rotatable bonds is 4. The lowest BCUT2D eigenvalue weighted by atomic mass is 10.2. The number of nitrogens with one attached hydrogen (secondary N) is 1. The highest BCUT2D eigenvalue weighted by atomic mass is 127. The van der Waals surface area contributed by atoms with Gasteiger partial charge in [-0.3, -0.25) is 9.59 Å². The molecule has 0 radical (unpaired) electrons. The molecule has 0 fully saturated rings. The normalized spacial score (nSPS) is 10.5. The number of amides is 2. The number of benzene rings is 1. The molecule has 0 spiro atoms. The van der Waals surface area contributed by atoms with E-state index in [1.807, 2.05) is 38.1 Å². The van der Waals surface area contributed by atoms with E-state index < -0.39 is 11.8 Å². The maximum atomic E-state index is 11.6. The number of carbonyl (C=O) groups excluding carboxylic acids is 2. The quantitative estimate of drug-likeness (QED) is 0.377. The van der Waals surface area contributed by atoms with Gasteiger partial charge in [-0.05, 0) is 54.1 Å². The second kappa shape index (κ2) is 7.88. The van der Waals surface area contributed by atoms with Gasteiger partial charge in [0.2, 0.25) is 0 Å². The average Bonchev–Trinajstić information content (AvgIpc) is 2.42. The third-order valence-electron chi connectivity index (χ3n) is 2.49. The van der Waals surface area contributed by atoms with Gasteiger partial charge in [0.25, 0.3) is 0 Å². The van der Waals surface area contributed by atoms with Crippen molar-refractivity contribution < 1.29 is 9.59 Å². The van der Waals surface area contributed by atoms with Crippen LogP contribution in [0.25, 0.3) is 0 Å². The smallest absolute Gasteiger partial charge is 0.329 e. The molecule has 6 heteroatoms. The van der Waals surface area contributed by atoms with Gasteiger partial charge in [0, 0.05) is 16.7 Å². The van der Waals surface area contributed by atoms with Crippen LogP contribution in [0, 0.1) is 3.57 Å². The summed E-state index contributed by atoms with van der Waals surface area (Å²) >= 11 is 2.20. The summed E-state index contributed by atoms with van der Waals surface area (Å²) in [5.41, 5.74) is 3.09. The van der Waals surface area contributed by atoms with Crippen LogP contribution in [-0.2, 0) is 9.59 Å². The van der Waals surface area contributed by atoms with E-state index in [1.54, 1.807) is 0 Å². The molecule has 0 aliphatic rings. The molecule has 0 aromatic heterocycles.